The van der Waals surface area contributed by atoms with Gasteiger partial charge < -0.3 is 10.6 Å². The Balaban J connectivity index is 2.06. The quantitative estimate of drug-likeness (QED) is 0.399. The second kappa shape index (κ2) is 7.83. The molecule has 1 saturated heterocycles. The van der Waals surface area contributed by atoms with E-state index >= 15 is 0 Å². The van der Waals surface area contributed by atoms with E-state index in [1.165, 1.54) is 17.0 Å². The second-order valence-corrected chi connectivity index (χ2v) is 9.87. The van der Waals surface area contributed by atoms with Gasteiger partial charge in [0.25, 0.3) is 5.92 Å². The molecule has 3 rings (SSSR count). The summed E-state index contributed by atoms with van der Waals surface area (Å²) in [5, 5.41) is 1.06. The maximum atomic E-state index is 13.8. The summed E-state index contributed by atoms with van der Waals surface area (Å²) < 4.78 is 64.2. The van der Waals surface area contributed by atoms with Gasteiger partial charge in [-0.05, 0) is 11.6 Å². The van der Waals surface area contributed by atoms with Crippen molar-refractivity contribution in [2.45, 2.75) is 50.0 Å². The van der Waals surface area contributed by atoms with Crippen LogP contribution < -0.4 is 21.5 Å². The van der Waals surface area contributed by atoms with E-state index < -0.39 is 33.0 Å². The monoisotopic (exact) mass is 458 g/mol. The average Bonchev–Trinajstić information content (AvgIpc) is 3.00. The molecule has 1 aliphatic heterocycles. The molecule has 0 aliphatic carbocycles. The topological polar surface area (TPSA) is 118 Å². The highest BCUT2D eigenvalue weighted by Gasteiger charge is 2.40. The molecule has 0 amide bonds. The van der Waals surface area contributed by atoms with Gasteiger partial charge in [0.15, 0.2) is 11.6 Å². The third kappa shape index (κ3) is 5.01. The number of nitrogens with two attached hydrogens (primary N) is 2. The first-order chi connectivity index (χ1) is 14.2. The number of anilines is 3. The van der Waals surface area contributed by atoms with Crippen molar-refractivity contribution in [1.82, 2.24) is 9.97 Å². The normalized spacial score (nSPS) is 16.5. The molecule has 1 aromatic carbocycles. The van der Waals surface area contributed by atoms with Crippen molar-refractivity contribution in [2.24, 2.45) is 5.84 Å². The van der Waals surface area contributed by atoms with Gasteiger partial charge in [0.1, 0.15) is 16.4 Å². The first-order valence-electron chi connectivity index (χ1n) is 9.54. The molecule has 0 radical (unpaired) electrons. The summed E-state index contributed by atoms with van der Waals surface area (Å²) in [6.07, 6.45) is -0.329. The fourth-order valence-corrected chi connectivity index (χ4v) is 3.98. The molecule has 0 unspecified atom stereocenters. The van der Waals surface area contributed by atoms with Crippen LogP contribution in [0.5, 0.6) is 0 Å². The Bertz CT molecular complexity index is 1090. The van der Waals surface area contributed by atoms with E-state index in [9.17, 15) is 21.1 Å². The molecule has 0 saturated carbocycles. The summed E-state index contributed by atoms with van der Waals surface area (Å²) in [6, 6.07) is 5.47. The second-order valence-electron chi connectivity index (χ2n) is 8.56. The predicted molar refractivity (Wildman–Crippen MR) is 112 cm³/mol. The van der Waals surface area contributed by atoms with Crippen LogP contribution in [-0.2, 0) is 22.2 Å². The van der Waals surface area contributed by atoms with Gasteiger partial charge >= 0.3 is 10.2 Å². The number of rotatable bonds is 5. The van der Waals surface area contributed by atoms with Crippen LogP contribution in [0, 0.1) is 0 Å². The van der Waals surface area contributed by atoms with Crippen molar-refractivity contribution in [2.75, 3.05) is 28.7 Å². The lowest BCUT2D eigenvalue weighted by molar-refractivity contribution is 0.0257. The lowest BCUT2D eigenvalue weighted by Gasteiger charge is -2.28. The van der Waals surface area contributed by atoms with Crippen molar-refractivity contribution in [3.05, 3.63) is 35.7 Å². The van der Waals surface area contributed by atoms with Gasteiger partial charge in [-0.25, -0.2) is 24.6 Å². The van der Waals surface area contributed by atoms with Crippen molar-refractivity contribution in [3.63, 3.8) is 0 Å². The van der Waals surface area contributed by atoms with Crippen LogP contribution in [-0.4, -0.2) is 37.4 Å². The standard InChI is InChI=1S/C19H25F3N6O2S/c1-18(2,3)17-25-15(27-9-8-19(20,21)11-27)14(23)16(26-17)28(24)10-12-6-4-5-7-13(12)31(22,29)30/h4-7H,8-11,23-24H2,1-3H3. The van der Waals surface area contributed by atoms with E-state index in [4.69, 9.17) is 11.6 Å². The van der Waals surface area contributed by atoms with Crippen LogP contribution in [0.15, 0.2) is 29.2 Å². The molecule has 1 aromatic heterocycles. The molecular weight excluding hydrogens is 433 g/mol. The van der Waals surface area contributed by atoms with Gasteiger partial charge in [-0.1, -0.05) is 39.0 Å². The number of nitrogen functional groups attached to an aromatic ring is 1. The number of hydrogen-bond donors (Lipinski definition) is 2. The molecule has 170 valence electrons. The SMILES string of the molecule is CC(C)(C)c1nc(N(N)Cc2ccccc2S(=O)(=O)F)c(N)c(N2CCC(F)(F)C2)n1. The Labute approximate surface area is 179 Å². The molecule has 0 atom stereocenters. The molecule has 0 spiro atoms. The minimum atomic E-state index is -4.97. The number of halogens is 3. The molecule has 2 aromatic rings. The Hall–Kier alpha value is -2.60. The van der Waals surface area contributed by atoms with E-state index in [1.54, 1.807) is 6.07 Å². The lowest BCUT2D eigenvalue weighted by Crippen LogP contribution is -2.35. The molecular formula is C19H25F3N6O2S. The highest BCUT2D eigenvalue weighted by atomic mass is 32.3. The molecule has 2 heterocycles. The fraction of sp³-hybridized carbons (Fsp3) is 0.474. The maximum Gasteiger partial charge on any atom is 0.332 e. The Kier molecular flexibility index (Phi) is 5.82. The molecule has 0 bridgehead atoms. The summed E-state index contributed by atoms with van der Waals surface area (Å²) in [5.74, 6) is 3.78. The average molecular weight is 459 g/mol. The summed E-state index contributed by atoms with van der Waals surface area (Å²) >= 11 is 0. The number of hydrazine groups is 1. The van der Waals surface area contributed by atoms with Gasteiger partial charge in [0.2, 0.25) is 0 Å². The molecule has 1 aliphatic rings. The number of alkyl halides is 2. The maximum absolute atomic E-state index is 13.8. The van der Waals surface area contributed by atoms with Crippen molar-refractivity contribution in [3.8, 4) is 0 Å². The fourth-order valence-electron chi connectivity index (χ4n) is 3.29. The van der Waals surface area contributed by atoms with Crippen molar-refractivity contribution in [1.29, 1.82) is 0 Å². The number of hydrogen-bond acceptors (Lipinski definition) is 8. The van der Waals surface area contributed by atoms with E-state index in [-0.39, 0.29) is 42.4 Å². The van der Waals surface area contributed by atoms with E-state index in [0.717, 1.165) is 11.1 Å². The molecule has 12 heteroatoms. The zero-order valence-electron chi connectivity index (χ0n) is 17.4. The molecule has 8 nitrogen and oxygen atoms in total. The summed E-state index contributed by atoms with van der Waals surface area (Å²) in [6.45, 7) is 4.82. The van der Waals surface area contributed by atoms with E-state index in [1.807, 2.05) is 20.8 Å². The Morgan fingerprint density at radius 3 is 2.42 bits per heavy atom. The minimum absolute atomic E-state index is 0.0196. The largest absolute Gasteiger partial charge is 0.393 e. The van der Waals surface area contributed by atoms with Crippen molar-refractivity contribution < 1.29 is 21.1 Å². The van der Waals surface area contributed by atoms with E-state index in [2.05, 4.69) is 9.97 Å². The molecule has 4 N–H and O–H groups in total. The zero-order chi connectivity index (χ0) is 23.2. The smallest absolute Gasteiger partial charge is 0.332 e. The Morgan fingerprint density at radius 2 is 1.87 bits per heavy atom. The third-order valence-electron chi connectivity index (χ3n) is 4.89. The third-order valence-corrected chi connectivity index (χ3v) is 5.82. The minimum Gasteiger partial charge on any atom is -0.393 e. The number of benzene rings is 1. The lowest BCUT2D eigenvalue weighted by atomic mass is 9.95. The number of aromatic nitrogens is 2. The van der Waals surface area contributed by atoms with Gasteiger partial charge in [-0.3, -0.25) is 5.01 Å². The first kappa shape index (κ1) is 23.1. The van der Waals surface area contributed by atoms with Gasteiger partial charge in [0, 0.05) is 18.4 Å². The summed E-state index contributed by atoms with van der Waals surface area (Å²) in [4.78, 5) is 9.68. The van der Waals surface area contributed by atoms with Gasteiger partial charge in [-0.15, -0.1) is 3.89 Å². The first-order valence-corrected chi connectivity index (χ1v) is 10.9. The molecule has 1 fully saturated rings. The highest BCUT2D eigenvalue weighted by molar-refractivity contribution is 7.86. The predicted octanol–water partition coefficient (Wildman–Crippen LogP) is 2.74. The van der Waals surface area contributed by atoms with E-state index in [0.29, 0.717) is 5.82 Å². The zero-order valence-corrected chi connectivity index (χ0v) is 18.3. The van der Waals surface area contributed by atoms with Crippen LogP contribution in [0.4, 0.5) is 30.0 Å². The van der Waals surface area contributed by atoms with Crippen LogP contribution in [0.3, 0.4) is 0 Å². The Morgan fingerprint density at radius 1 is 1.23 bits per heavy atom. The van der Waals surface area contributed by atoms with Crippen molar-refractivity contribution >= 4 is 27.5 Å². The highest BCUT2D eigenvalue weighted by Crippen LogP contribution is 2.37. The van der Waals surface area contributed by atoms with Crippen LogP contribution in [0.2, 0.25) is 0 Å². The molecule has 31 heavy (non-hydrogen) atoms. The number of nitrogens with zero attached hydrogens (tertiary/aromatic N) is 4. The van der Waals surface area contributed by atoms with Crippen LogP contribution in [0.1, 0.15) is 38.6 Å². The van der Waals surface area contributed by atoms with Gasteiger partial charge in [-0.2, -0.15) is 8.42 Å². The van der Waals surface area contributed by atoms with Crippen LogP contribution in [0.25, 0.3) is 0 Å². The summed E-state index contributed by atoms with van der Waals surface area (Å²) in [5.41, 5.74) is 5.74. The summed E-state index contributed by atoms with van der Waals surface area (Å²) in [7, 11) is -4.97. The van der Waals surface area contributed by atoms with Gasteiger partial charge in [0.05, 0.1) is 13.1 Å². The van der Waals surface area contributed by atoms with Crippen LogP contribution >= 0.6 is 0 Å².